The fourth-order valence-corrected chi connectivity index (χ4v) is 4.36. The minimum Gasteiger partial charge on any atom is -0.493 e. The van der Waals surface area contributed by atoms with Crippen molar-refractivity contribution in [1.29, 1.82) is 0 Å². The summed E-state index contributed by atoms with van der Waals surface area (Å²) in [7, 11) is 3.20. The molecule has 0 bridgehead atoms. The van der Waals surface area contributed by atoms with Gasteiger partial charge < -0.3 is 25.3 Å². The highest BCUT2D eigenvalue weighted by Crippen LogP contribution is 2.37. The maximum absolute atomic E-state index is 12.2. The number of nitrogens with one attached hydrogen (secondary N) is 1. The molecule has 3 aromatic heterocycles. The molecule has 3 N–H and O–H groups in total. The minimum atomic E-state index is -0.534. The number of amides is 1. The van der Waals surface area contributed by atoms with Gasteiger partial charge in [0.2, 0.25) is 0 Å². The molecule has 1 amide bonds. The zero-order chi connectivity index (χ0) is 27.4. The number of fused-ring (bicyclic) bond motifs is 3. The summed E-state index contributed by atoms with van der Waals surface area (Å²) in [6, 6.07) is 7.81. The van der Waals surface area contributed by atoms with E-state index in [2.05, 4.69) is 26.3 Å². The molecule has 9 heteroatoms. The van der Waals surface area contributed by atoms with Gasteiger partial charge in [-0.3, -0.25) is 9.97 Å². The van der Waals surface area contributed by atoms with Crippen molar-refractivity contribution in [3.63, 3.8) is 0 Å². The molecule has 200 valence electrons. The average molecular weight is 518 g/mol. The largest absolute Gasteiger partial charge is 0.493 e. The molecular weight excluding hydrogens is 482 g/mol. The van der Waals surface area contributed by atoms with Crippen molar-refractivity contribution in [2.75, 3.05) is 20.0 Å². The monoisotopic (exact) mass is 517 g/mol. The van der Waals surface area contributed by atoms with Gasteiger partial charge in [0.05, 0.1) is 25.4 Å². The van der Waals surface area contributed by atoms with Crippen LogP contribution < -0.4 is 20.5 Å². The summed E-state index contributed by atoms with van der Waals surface area (Å²) >= 11 is 0. The van der Waals surface area contributed by atoms with Gasteiger partial charge >= 0.3 is 6.09 Å². The van der Waals surface area contributed by atoms with Crippen molar-refractivity contribution in [2.24, 2.45) is 0 Å². The van der Waals surface area contributed by atoms with E-state index in [0.29, 0.717) is 23.0 Å². The van der Waals surface area contributed by atoms with Gasteiger partial charge in [0, 0.05) is 47.0 Å². The first-order valence-corrected chi connectivity index (χ1v) is 12.7. The Morgan fingerprint density at radius 2 is 1.74 bits per heavy atom. The second-order valence-electron chi connectivity index (χ2n) is 10.2. The highest BCUT2D eigenvalue weighted by molar-refractivity contribution is 6.10. The molecule has 0 fully saturated rings. The van der Waals surface area contributed by atoms with Gasteiger partial charge in [-0.2, -0.15) is 0 Å². The van der Waals surface area contributed by atoms with E-state index in [4.69, 9.17) is 19.9 Å². The molecular formula is C29H35N5O4. The number of methoxy groups -OCH3 is 2. The Morgan fingerprint density at radius 3 is 2.42 bits per heavy atom. The number of aromatic nitrogens is 3. The molecule has 0 aliphatic rings. The van der Waals surface area contributed by atoms with E-state index >= 15 is 0 Å². The molecule has 0 spiro atoms. The number of aryl methyl sites for hydroxylation is 1. The van der Waals surface area contributed by atoms with Crippen molar-refractivity contribution in [2.45, 2.75) is 58.6 Å². The number of pyridine rings is 3. The molecule has 4 aromatic rings. The Bertz CT molecular complexity index is 1470. The third-order valence-corrected chi connectivity index (χ3v) is 6.30. The van der Waals surface area contributed by atoms with Gasteiger partial charge in [-0.15, -0.1) is 0 Å². The molecule has 0 aliphatic heterocycles. The Balaban J connectivity index is 1.62. The predicted octanol–water partition coefficient (Wildman–Crippen LogP) is 5.68. The first-order chi connectivity index (χ1) is 18.1. The smallest absolute Gasteiger partial charge is 0.407 e. The minimum absolute atomic E-state index is 0.00576. The Morgan fingerprint density at radius 1 is 1.00 bits per heavy atom. The van der Waals surface area contributed by atoms with Gasteiger partial charge in [-0.1, -0.05) is 6.92 Å². The van der Waals surface area contributed by atoms with Crippen LogP contribution in [0.15, 0.2) is 42.9 Å². The number of rotatable bonds is 8. The molecule has 1 aromatic carbocycles. The van der Waals surface area contributed by atoms with Crippen LogP contribution in [0.2, 0.25) is 0 Å². The summed E-state index contributed by atoms with van der Waals surface area (Å²) in [5, 5.41) is 5.53. The lowest BCUT2D eigenvalue weighted by molar-refractivity contribution is 0.0500. The third-order valence-electron chi connectivity index (χ3n) is 6.30. The number of benzene rings is 1. The maximum Gasteiger partial charge on any atom is 0.407 e. The number of nitrogens with two attached hydrogens (primary N) is 1. The number of ether oxygens (including phenoxy) is 3. The zero-order valence-corrected chi connectivity index (χ0v) is 22.8. The highest BCUT2D eigenvalue weighted by atomic mass is 16.6. The molecule has 9 nitrogen and oxygen atoms in total. The number of carbonyl (C=O) groups is 1. The topological polar surface area (TPSA) is 121 Å². The summed E-state index contributed by atoms with van der Waals surface area (Å²) in [6.07, 6.45) is 7.24. The van der Waals surface area contributed by atoms with Gasteiger partial charge in [0.25, 0.3) is 0 Å². The summed E-state index contributed by atoms with van der Waals surface area (Å²) < 4.78 is 16.4. The fraction of sp³-hybridized carbons (Fsp3) is 0.379. The average Bonchev–Trinajstić information content (AvgIpc) is 2.89. The Hall–Kier alpha value is -4.14. The van der Waals surface area contributed by atoms with Crippen LogP contribution in [0.25, 0.3) is 32.9 Å². The first-order valence-electron chi connectivity index (χ1n) is 12.7. The maximum atomic E-state index is 12.2. The van der Waals surface area contributed by atoms with Gasteiger partial charge in [0.1, 0.15) is 11.4 Å². The predicted molar refractivity (Wildman–Crippen MR) is 150 cm³/mol. The van der Waals surface area contributed by atoms with E-state index in [0.717, 1.165) is 52.1 Å². The summed E-state index contributed by atoms with van der Waals surface area (Å²) in [5.74, 6) is 1.61. The molecule has 3 heterocycles. The van der Waals surface area contributed by atoms with Crippen LogP contribution in [0.3, 0.4) is 0 Å². The van der Waals surface area contributed by atoms with Crippen LogP contribution >= 0.6 is 0 Å². The van der Waals surface area contributed by atoms with Gasteiger partial charge in [0.15, 0.2) is 11.5 Å². The summed E-state index contributed by atoms with van der Waals surface area (Å²) in [6.45, 7) is 7.60. The first kappa shape index (κ1) is 26.9. The van der Waals surface area contributed by atoms with E-state index in [1.54, 1.807) is 26.6 Å². The van der Waals surface area contributed by atoms with Crippen molar-refractivity contribution in [3.05, 3.63) is 48.4 Å². The van der Waals surface area contributed by atoms with Crippen LogP contribution in [0, 0.1) is 0 Å². The van der Waals surface area contributed by atoms with Crippen molar-refractivity contribution >= 4 is 33.6 Å². The van der Waals surface area contributed by atoms with Crippen molar-refractivity contribution in [1.82, 2.24) is 20.3 Å². The number of hydrogen-bond acceptors (Lipinski definition) is 8. The summed E-state index contributed by atoms with van der Waals surface area (Å²) in [5.41, 5.74) is 9.22. The van der Waals surface area contributed by atoms with Crippen LogP contribution in [-0.4, -0.2) is 46.9 Å². The Labute approximate surface area is 222 Å². The number of nitrogens with zero attached hydrogens (tertiary/aromatic N) is 3. The van der Waals surface area contributed by atoms with Crippen LogP contribution in [0.5, 0.6) is 11.5 Å². The zero-order valence-electron chi connectivity index (χ0n) is 22.8. The van der Waals surface area contributed by atoms with Gasteiger partial charge in [-0.05, 0) is 69.2 Å². The van der Waals surface area contributed by atoms with E-state index in [9.17, 15) is 4.79 Å². The molecule has 0 saturated heterocycles. The molecule has 1 atom stereocenters. The third kappa shape index (κ3) is 6.04. The van der Waals surface area contributed by atoms with Crippen LogP contribution in [-0.2, 0) is 11.2 Å². The SMILES string of the molecule is CC[C@H](CCc1cncc(-c2cc3c(cnc4cc(OC)c(OC)cc43)c(N)n2)c1)NC(=O)OC(C)(C)C. The molecule has 0 aliphatic carbocycles. The second kappa shape index (κ2) is 11.1. The summed E-state index contributed by atoms with van der Waals surface area (Å²) in [4.78, 5) is 25.9. The van der Waals surface area contributed by atoms with E-state index < -0.39 is 11.7 Å². The number of carbonyl (C=O) groups excluding carboxylic acids is 1. The van der Waals surface area contributed by atoms with E-state index in [1.165, 1.54) is 0 Å². The molecule has 0 saturated carbocycles. The normalized spacial score (nSPS) is 12.4. The Kier molecular flexibility index (Phi) is 7.85. The molecule has 0 unspecified atom stereocenters. The quantitative estimate of drug-likeness (QED) is 0.286. The van der Waals surface area contributed by atoms with E-state index in [1.807, 2.05) is 52.1 Å². The van der Waals surface area contributed by atoms with Crippen molar-refractivity contribution in [3.8, 4) is 22.8 Å². The molecule has 38 heavy (non-hydrogen) atoms. The lowest BCUT2D eigenvalue weighted by Gasteiger charge is -2.23. The second-order valence-corrected chi connectivity index (χ2v) is 10.2. The van der Waals surface area contributed by atoms with Crippen LogP contribution in [0.1, 0.15) is 46.1 Å². The lowest BCUT2D eigenvalue weighted by atomic mass is 10.0. The molecule has 4 rings (SSSR count). The van der Waals surface area contributed by atoms with Crippen LogP contribution in [0.4, 0.5) is 10.6 Å². The standard InChI is InChI=1S/C29H35N5O4/c1-7-19(33-28(35)38-29(2,3)4)9-8-17-10-18(15-31-14-17)23-11-20-21-12-25(36-5)26(37-6)13-24(21)32-16-22(20)27(30)34-23/h10-16,19H,7-9H2,1-6H3,(H2,30,34)(H,33,35)/t19-/m1/s1. The number of hydrogen-bond donors (Lipinski definition) is 2. The van der Waals surface area contributed by atoms with Crippen molar-refractivity contribution < 1.29 is 19.0 Å². The lowest BCUT2D eigenvalue weighted by Crippen LogP contribution is -2.39. The highest BCUT2D eigenvalue weighted by Gasteiger charge is 2.19. The fourth-order valence-electron chi connectivity index (χ4n) is 4.36. The number of anilines is 1. The number of alkyl carbamates (subject to hydrolysis) is 1. The number of nitrogen functional groups attached to an aromatic ring is 1. The van der Waals surface area contributed by atoms with E-state index in [-0.39, 0.29) is 6.04 Å². The molecule has 0 radical (unpaired) electrons. The van der Waals surface area contributed by atoms with Gasteiger partial charge in [-0.25, -0.2) is 9.78 Å².